The molecule has 0 bridgehead atoms. The Kier molecular flexibility index (Phi) is 4.03. The second kappa shape index (κ2) is 6.58. The van der Waals surface area contributed by atoms with Crippen molar-refractivity contribution in [2.45, 2.75) is 17.9 Å². The molecule has 0 fully saturated rings. The van der Waals surface area contributed by atoms with Gasteiger partial charge in [-0.1, -0.05) is 48.5 Å². The highest BCUT2D eigenvalue weighted by Gasteiger charge is 2.19. The van der Waals surface area contributed by atoms with Crippen molar-refractivity contribution in [2.24, 2.45) is 0 Å². The lowest BCUT2D eigenvalue weighted by Gasteiger charge is -2.14. The van der Waals surface area contributed by atoms with Gasteiger partial charge in [-0.2, -0.15) is 0 Å². The largest absolute Gasteiger partial charge is 0.337 e. The summed E-state index contributed by atoms with van der Waals surface area (Å²) in [6, 6.07) is 17.8. The molecule has 6 heteroatoms. The molecule has 0 aliphatic heterocycles. The minimum Gasteiger partial charge on any atom is -0.337 e. The predicted octanol–water partition coefficient (Wildman–Crippen LogP) is 4.15. The Morgan fingerprint density at radius 2 is 1.61 bits per heavy atom. The van der Waals surface area contributed by atoms with Gasteiger partial charge >= 0.3 is 0 Å². The third-order valence-corrected chi connectivity index (χ3v) is 6.74. The van der Waals surface area contributed by atoms with Crippen molar-refractivity contribution in [3.05, 3.63) is 73.3 Å². The Bertz CT molecular complexity index is 1360. The monoisotopic (exact) mass is 389 g/mol. The molecule has 5 aromatic rings. The summed E-state index contributed by atoms with van der Waals surface area (Å²) in [5.74, 6) is 0. The number of nitrogens with one attached hydrogen (secondary N) is 1. The van der Waals surface area contributed by atoms with Crippen LogP contribution in [0.25, 0.3) is 32.3 Å². The van der Waals surface area contributed by atoms with Gasteiger partial charge in [0, 0.05) is 30.9 Å². The van der Waals surface area contributed by atoms with Gasteiger partial charge in [0.05, 0.1) is 11.2 Å². The second-order valence-corrected chi connectivity index (χ2v) is 8.71. The van der Waals surface area contributed by atoms with Crippen LogP contribution in [-0.2, 0) is 16.6 Å². The first-order valence-electron chi connectivity index (χ1n) is 9.25. The van der Waals surface area contributed by atoms with Gasteiger partial charge < -0.3 is 4.57 Å². The van der Waals surface area contributed by atoms with E-state index in [0.29, 0.717) is 17.9 Å². The number of benzene rings is 4. The fraction of sp³-hybridized carbons (Fsp3) is 0.136. The molecular weight excluding hydrogens is 370 g/mol. The van der Waals surface area contributed by atoms with Crippen molar-refractivity contribution in [1.29, 1.82) is 0 Å². The van der Waals surface area contributed by atoms with E-state index in [0.717, 1.165) is 38.9 Å². The number of hydrogen-bond acceptors (Lipinski definition) is 3. The van der Waals surface area contributed by atoms with Crippen LogP contribution in [-0.4, -0.2) is 24.5 Å². The van der Waals surface area contributed by atoms with Gasteiger partial charge in [0.15, 0.2) is 0 Å². The number of sulfonamides is 1. The van der Waals surface area contributed by atoms with Crippen molar-refractivity contribution in [1.82, 2.24) is 14.3 Å². The second-order valence-electron chi connectivity index (χ2n) is 6.97. The highest BCUT2D eigenvalue weighted by atomic mass is 32.2. The van der Waals surface area contributed by atoms with Gasteiger partial charge in [0.25, 0.3) is 0 Å². The number of aromatic nitrogens is 2. The zero-order chi connectivity index (χ0) is 19.1. The van der Waals surface area contributed by atoms with E-state index in [9.17, 15) is 8.42 Å². The molecule has 0 spiro atoms. The Morgan fingerprint density at radius 3 is 2.36 bits per heavy atom. The van der Waals surface area contributed by atoms with E-state index >= 15 is 0 Å². The summed E-state index contributed by atoms with van der Waals surface area (Å²) in [5, 5.41) is 6.20. The standard InChI is InChI=1S/C22H19N3O2S/c26-28(27,24-11-2-13-25-14-12-23-15-25)20-10-8-18-6-5-16-3-1-4-17-7-9-19(20)22(18)21(16)17/h1,3-10,12,14-15,24H,2,11,13H2. The first-order chi connectivity index (χ1) is 13.6. The summed E-state index contributed by atoms with van der Waals surface area (Å²) in [4.78, 5) is 4.33. The molecule has 0 aliphatic rings. The number of nitrogens with zero attached hydrogens (tertiary/aromatic N) is 2. The maximum atomic E-state index is 13.0. The van der Waals surface area contributed by atoms with Crippen molar-refractivity contribution in [3.8, 4) is 0 Å². The number of rotatable bonds is 6. The van der Waals surface area contributed by atoms with Gasteiger partial charge in [-0.15, -0.1) is 0 Å². The molecule has 4 aromatic carbocycles. The summed E-state index contributed by atoms with van der Waals surface area (Å²) in [6.45, 7) is 1.10. The Morgan fingerprint density at radius 1 is 0.893 bits per heavy atom. The van der Waals surface area contributed by atoms with Gasteiger partial charge in [0.1, 0.15) is 0 Å². The molecule has 0 aliphatic carbocycles. The predicted molar refractivity (Wildman–Crippen MR) is 112 cm³/mol. The number of aryl methyl sites for hydroxylation is 1. The van der Waals surface area contributed by atoms with Gasteiger partial charge in [-0.05, 0) is 39.4 Å². The van der Waals surface area contributed by atoms with Gasteiger partial charge in [0.2, 0.25) is 10.0 Å². The topological polar surface area (TPSA) is 64.0 Å². The van der Waals surface area contributed by atoms with Crippen LogP contribution in [0.1, 0.15) is 6.42 Å². The van der Waals surface area contributed by atoms with E-state index in [2.05, 4.69) is 34.0 Å². The van der Waals surface area contributed by atoms with Crippen molar-refractivity contribution in [3.63, 3.8) is 0 Å². The molecule has 28 heavy (non-hydrogen) atoms. The molecule has 0 atom stereocenters. The molecular formula is C22H19N3O2S. The fourth-order valence-electron chi connectivity index (χ4n) is 3.91. The summed E-state index contributed by atoms with van der Waals surface area (Å²) in [6.07, 6.45) is 6.02. The highest BCUT2D eigenvalue weighted by molar-refractivity contribution is 7.89. The van der Waals surface area contributed by atoms with Crippen LogP contribution in [0.4, 0.5) is 0 Å². The normalized spacial score (nSPS) is 12.4. The molecule has 1 aromatic heterocycles. The van der Waals surface area contributed by atoms with E-state index in [-0.39, 0.29) is 0 Å². The molecule has 140 valence electrons. The molecule has 5 nitrogen and oxygen atoms in total. The fourth-order valence-corrected chi connectivity index (χ4v) is 5.18. The minimum absolute atomic E-state index is 0.334. The lowest BCUT2D eigenvalue weighted by molar-refractivity contribution is 0.570. The summed E-state index contributed by atoms with van der Waals surface area (Å²) in [5.41, 5.74) is 0. The number of hydrogen-bond donors (Lipinski definition) is 1. The van der Waals surface area contributed by atoms with Gasteiger partial charge in [-0.3, -0.25) is 0 Å². The zero-order valence-electron chi connectivity index (χ0n) is 15.2. The molecule has 0 amide bonds. The first kappa shape index (κ1) is 17.2. The summed E-state index contributed by atoms with van der Waals surface area (Å²) in [7, 11) is -3.60. The minimum atomic E-state index is -3.60. The lowest BCUT2D eigenvalue weighted by Crippen LogP contribution is -2.25. The van der Waals surface area contributed by atoms with E-state index in [1.54, 1.807) is 18.6 Å². The summed E-state index contributed by atoms with van der Waals surface area (Å²) < 4.78 is 30.7. The smallest absolute Gasteiger partial charge is 0.241 e. The molecule has 0 radical (unpaired) electrons. The maximum Gasteiger partial charge on any atom is 0.241 e. The van der Waals surface area contributed by atoms with Crippen molar-refractivity contribution >= 4 is 42.3 Å². The first-order valence-corrected chi connectivity index (χ1v) is 10.7. The van der Waals surface area contributed by atoms with E-state index in [1.165, 1.54) is 0 Å². The van der Waals surface area contributed by atoms with Crippen molar-refractivity contribution < 1.29 is 8.42 Å². The molecule has 5 rings (SSSR count). The molecule has 1 heterocycles. The Labute approximate surface area is 163 Å². The van der Waals surface area contributed by atoms with Crippen LogP contribution in [0, 0.1) is 0 Å². The van der Waals surface area contributed by atoms with E-state index < -0.39 is 10.0 Å². The molecule has 0 unspecified atom stereocenters. The van der Waals surface area contributed by atoms with E-state index in [4.69, 9.17) is 0 Å². The zero-order valence-corrected chi connectivity index (χ0v) is 16.0. The Balaban J connectivity index is 1.52. The van der Waals surface area contributed by atoms with Crippen LogP contribution >= 0.6 is 0 Å². The van der Waals surface area contributed by atoms with Crippen LogP contribution < -0.4 is 4.72 Å². The van der Waals surface area contributed by atoms with E-state index in [1.807, 2.05) is 35.0 Å². The average Bonchev–Trinajstić information content (AvgIpc) is 3.23. The van der Waals surface area contributed by atoms with Crippen LogP contribution in [0.5, 0.6) is 0 Å². The SMILES string of the molecule is O=S(=O)(NCCCn1ccnc1)c1ccc2ccc3cccc4ccc1c2c34. The van der Waals surface area contributed by atoms with Crippen molar-refractivity contribution in [2.75, 3.05) is 6.54 Å². The number of imidazole rings is 1. The lowest BCUT2D eigenvalue weighted by atomic mass is 9.94. The molecule has 0 saturated carbocycles. The maximum absolute atomic E-state index is 13.0. The Hall–Kier alpha value is -2.96. The van der Waals surface area contributed by atoms with Gasteiger partial charge in [-0.25, -0.2) is 18.1 Å². The third-order valence-electron chi connectivity index (χ3n) is 5.22. The quantitative estimate of drug-likeness (QED) is 0.350. The highest BCUT2D eigenvalue weighted by Crippen LogP contribution is 2.37. The van der Waals surface area contributed by atoms with Crippen LogP contribution in [0.15, 0.2) is 78.2 Å². The van der Waals surface area contributed by atoms with Crippen LogP contribution in [0.2, 0.25) is 0 Å². The third kappa shape index (κ3) is 2.82. The average molecular weight is 389 g/mol. The summed E-state index contributed by atoms with van der Waals surface area (Å²) >= 11 is 0. The molecule has 0 saturated heterocycles. The van der Waals surface area contributed by atoms with Crippen LogP contribution in [0.3, 0.4) is 0 Å². The molecule has 1 N–H and O–H groups in total.